The van der Waals surface area contributed by atoms with Gasteiger partial charge in [-0.2, -0.15) is 0 Å². The minimum Gasteiger partial charge on any atom is -0.313 e. The third-order valence-corrected chi connectivity index (χ3v) is 2.61. The van der Waals surface area contributed by atoms with Gasteiger partial charge in [-0.3, -0.25) is 4.39 Å². The first kappa shape index (κ1) is 10.9. The van der Waals surface area contributed by atoms with Crippen LogP contribution in [0.15, 0.2) is 0 Å². The number of likely N-dealkylation sites (tertiary alicyclic amines) is 1. The molecule has 3 heteroatoms. The number of piperidine rings is 1. The Morgan fingerprint density at radius 2 is 2.38 bits per heavy atom. The standard InChI is InChI=1S/C10H21FN2/c1-2-12-10-5-3-7-13(9-10)8-4-6-11/h10,12H,2-9H2,1H3. The van der Waals surface area contributed by atoms with E-state index in [9.17, 15) is 4.39 Å². The van der Waals surface area contributed by atoms with Crippen molar-refractivity contribution in [3.05, 3.63) is 0 Å². The first-order chi connectivity index (χ1) is 6.36. The second-order valence-electron chi connectivity index (χ2n) is 3.74. The lowest BCUT2D eigenvalue weighted by atomic mass is 10.1. The molecule has 0 aliphatic carbocycles. The van der Waals surface area contributed by atoms with Crippen LogP contribution in [0.3, 0.4) is 0 Å². The van der Waals surface area contributed by atoms with Crippen molar-refractivity contribution >= 4 is 0 Å². The summed E-state index contributed by atoms with van der Waals surface area (Å²) in [5, 5.41) is 3.46. The van der Waals surface area contributed by atoms with Crippen molar-refractivity contribution in [2.75, 3.05) is 32.9 Å². The average Bonchev–Trinajstić information content (AvgIpc) is 2.16. The largest absolute Gasteiger partial charge is 0.313 e. The maximum atomic E-state index is 12.0. The number of halogens is 1. The molecule has 0 saturated carbocycles. The van der Waals surface area contributed by atoms with E-state index >= 15 is 0 Å². The van der Waals surface area contributed by atoms with E-state index in [4.69, 9.17) is 0 Å². The molecule has 0 aromatic carbocycles. The van der Waals surface area contributed by atoms with Crippen molar-refractivity contribution in [2.24, 2.45) is 0 Å². The highest BCUT2D eigenvalue weighted by Crippen LogP contribution is 2.10. The van der Waals surface area contributed by atoms with Crippen molar-refractivity contribution in [1.29, 1.82) is 0 Å². The summed E-state index contributed by atoms with van der Waals surface area (Å²) in [5.41, 5.74) is 0. The molecule has 1 aliphatic heterocycles. The smallest absolute Gasteiger partial charge is 0.0906 e. The minimum absolute atomic E-state index is 0.178. The van der Waals surface area contributed by atoms with Gasteiger partial charge in [-0.05, 0) is 32.4 Å². The van der Waals surface area contributed by atoms with Crippen LogP contribution < -0.4 is 5.32 Å². The van der Waals surface area contributed by atoms with E-state index in [0.717, 1.165) is 26.2 Å². The number of alkyl halides is 1. The van der Waals surface area contributed by atoms with Gasteiger partial charge in [-0.25, -0.2) is 0 Å². The molecular weight excluding hydrogens is 167 g/mol. The van der Waals surface area contributed by atoms with Gasteiger partial charge in [0.1, 0.15) is 0 Å². The predicted octanol–water partition coefficient (Wildman–Crippen LogP) is 1.42. The Labute approximate surface area is 80.5 Å². The molecule has 1 saturated heterocycles. The number of hydrogen-bond donors (Lipinski definition) is 1. The van der Waals surface area contributed by atoms with Crippen LogP contribution in [0.25, 0.3) is 0 Å². The molecule has 0 amide bonds. The van der Waals surface area contributed by atoms with Crippen molar-refractivity contribution in [3.63, 3.8) is 0 Å². The Hall–Kier alpha value is -0.150. The fourth-order valence-corrected chi connectivity index (χ4v) is 2.00. The molecule has 1 heterocycles. The maximum absolute atomic E-state index is 12.0. The monoisotopic (exact) mass is 188 g/mol. The van der Waals surface area contributed by atoms with E-state index in [1.807, 2.05) is 0 Å². The van der Waals surface area contributed by atoms with E-state index in [-0.39, 0.29) is 6.67 Å². The fraction of sp³-hybridized carbons (Fsp3) is 1.00. The van der Waals surface area contributed by atoms with Crippen LogP contribution in [-0.4, -0.2) is 43.8 Å². The molecule has 2 nitrogen and oxygen atoms in total. The molecular formula is C10H21FN2. The van der Waals surface area contributed by atoms with Crippen molar-refractivity contribution in [2.45, 2.75) is 32.2 Å². The number of likely N-dealkylation sites (N-methyl/N-ethyl adjacent to an activating group) is 1. The van der Waals surface area contributed by atoms with Crippen LogP contribution in [0.2, 0.25) is 0 Å². The summed E-state index contributed by atoms with van der Waals surface area (Å²) >= 11 is 0. The van der Waals surface area contributed by atoms with Gasteiger partial charge >= 0.3 is 0 Å². The molecule has 1 atom stereocenters. The van der Waals surface area contributed by atoms with Gasteiger partial charge < -0.3 is 10.2 Å². The molecule has 0 aromatic rings. The van der Waals surface area contributed by atoms with Crippen LogP contribution in [-0.2, 0) is 0 Å². The molecule has 0 bridgehead atoms. The topological polar surface area (TPSA) is 15.3 Å². The van der Waals surface area contributed by atoms with Gasteiger partial charge in [-0.1, -0.05) is 6.92 Å². The predicted molar refractivity (Wildman–Crippen MR) is 53.7 cm³/mol. The Bertz CT molecular complexity index is 128. The van der Waals surface area contributed by atoms with Gasteiger partial charge in [0.15, 0.2) is 0 Å². The normalized spacial score (nSPS) is 24.9. The van der Waals surface area contributed by atoms with Gasteiger partial charge in [0.2, 0.25) is 0 Å². The summed E-state index contributed by atoms with van der Waals surface area (Å²) < 4.78 is 12.0. The fourth-order valence-electron chi connectivity index (χ4n) is 2.00. The van der Waals surface area contributed by atoms with Gasteiger partial charge in [0.05, 0.1) is 6.67 Å². The SMILES string of the molecule is CCNC1CCCN(CCCF)C1. The zero-order valence-electron chi connectivity index (χ0n) is 8.56. The number of nitrogens with zero attached hydrogens (tertiary/aromatic N) is 1. The minimum atomic E-state index is -0.178. The lowest BCUT2D eigenvalue weighted by Crippen LogP contribution is -2.45. The second kappa shape index (κ2) is 6.33. The van der Waals surface area contributed by atoms with Crippen LogP contribution in [0.5, 0.6) is 0 Å². The Kier molecular flexibility index (Phi) is 5.32. The van der Waals surface area contributed by atoms with E-state index in [1.54, 1.807) is 0 Å². The van der Waals surface area contributed by atoms with E-state index in [0.29, 0.717) is 12.5 Å². The van der Waals surface area contributed by atoms with Crippen LogP contribution in [0.4, 0.5) is 4.39 Å². The van der Waals surface area contributed by atoms with Crippen LogP contribution >= 0.6 is 0 Å². The van der Waals surface area contributed by atoms with Gasteiger partial charge in [-0.15, -0.1) is 0 Å². The lowest BCUT2D eigenvalue weighted by Gasteiger charge is -2.32. The molecule has 1 fully saturated rings. The average molecular weight is 188 g/mol. The lowest BCUT2D eigenvalue weighted by molar-refractivity contribution is 0.185. The Morgan fingerprint density at radius 3 is 3.08 bits per heavy atom. The summed E-state index contributed by atoms with van der Waals surface area (Å²) in [5.74, 6) is 0. The van der Waals surface area contributed by atoms with Crippen molar-refractivity contribution in [1.82, 2.24) is 10.2 Å². The molecule has 1 aliphatic rings. The van der Waals surface area contributed by atoms with Crippen molar-refractivity contribution < 1.29 is 4.39 Å². The molecule has 1 rings (SSSR count). The third kappa shape index (κ3) is 4.05. The highest BCUT2D eigenvalue weighted by Gasteiger charge is 2.17. The third-order valence-electron chi connectivity index (χ3n) is 2.61. The maximum Gasteiger partial charge on any atom is 0.0906 e. The van der Waals surface area contributed by atoms with Crippen LogP contribution in [0, 0.1) is 0 Å². The van der Waals surface area contributed by atoms with E-state index in [1.165, 1.54) is 12.8 Å². The van der Waals surface area contributed by atoms with E-state index in [2.05, 4.69) is 17.1 Å². The second-order valence-corrected chi connectivity index (χ2v) is 3.74. The molecule has 1 unspecified atom stereocenters. The summed E-state index contributed by atoms with van der Waals surface area (Å²) in [6.07, 6.45) is 3.22. The quantitative estimate of drug-likeness (QED) is 0.702. The highest BCUT2D eigenvalue weighted by atomic mass is 19.1. The zero-order chi connectivity index (χ0) is 9.52. The summed E-state index contributed by atoms with van der Waals surface area (Å²) in [6.45, 7) is 6.19. The Morgan fingerprint density at radius 1 is 1.54 bits per heavy atom. The number of hydrogen-bond acceptors (Lipinski definition) is 2. The highest BCUT2D eigenvalue weighted by molar-refractivity contribution is 4.77. The first-order valence-corrected chi connectivity index (χ1v) is 5.38. The van der Waals surface area contributed by atoms with Gasteiger partial charge in [0.25, 0.3) is 0 Å². The van der Waals surface area contributed by atoms with Crippen molar-refractivity contribution in [3.8, 4) is 0 Å². The molecule has 78 valence electrons. The molecule has 0 spiro atoms. The van der Waals surface area contributed by atoms with Gasteiger partial charge in [0, 0.05) is 19.1 Å². The molecule has 1 N–H and O–H groups in total. The molecule has 0 aromatic heterocycles. The molecule has 13 heavy (non-hydrogen) atoms. The summed E-state index contributed by atoms with van der Waals surface area (Å²) in [6, 6.07) is 0.637. The molecule has 0 radical (unpaired) electrons. The summed E-state index contributed by atoms with van der Waals surface area (Å²) in [4.78, 5) is 2.37. The first-order valence-electron chi connectivity index (χ1n) is 5.38. The number of nitrogens with one attached hydrogen (secondary N) is 1. The van der Waals surface area contributed by atoms with Crippen LogP contribution in [0.1, 0.15) is 26.2 Å². The zero-order valence-corrected chi connectivity index (χ0v) is 8.56. The number of rotatable bonds is 5. The summed E-state index contributed by atoms with van der Waals surface area (Å²) in [7, 11) is 0. The Balaban J connectivity index is 2.16. The van der Waals surface area contributed by atoms with E-state index < -0.39 is 0 Å².